The summed E-state index contributed by atoms with van der Waals surface area (Å²) in [4.78, 5) is 30.3. The van der Waals surface area contributed by atoms with E-state index in [0.29, 0.717) is 92.5 Å². The summed E-state index contributed by atoms with van der Waals surface area (Å²) in [5.41, 5.74) is -10.6. The molecule has 18 nitrogen and oxygen atoms in total. The van der Waals surface area contributed by atoms with Crippen molar-refractivity contribution in [2.75, 3.05) is 26.2 Å². The average molecular weight is 1310 g/mol. The molecule has 0 aromatic heterocycles. The highest BCUT2D eigenvalue weighted by atomic mass is 32.3. The molecule has 8 rings (SSSR count). The zero-order valence-electron chi connectivity index (χ0n) is 48.6. The first-order valence-electron chi connectivity index (χ1n) is 27.0. The van der Waals surface area contributed by atoms with E-state index in [2.05, 4.69) is 0 Å². The molecule has 0 bridgehead atoms. The predicted octanol–water partition coefficient (Wildman–Crippen LogP) is 10.1. The summed E-state index contributed by atoms with van der Waals surface area (Å²) < 4.78 is 208. The Hall–Kier alpha value is -5.50. The standard InChI is InChI=1S/C27H34FNO5S.C24H28FNO5S.C3H8O.C2F6O5S2/c1-17(2)33-23-16-27(34-25-21(23)7-6-8-22(25)28)11-13-29(14-12-27)26(30)20-9-10-24(19(5)15-20)35(31,32)18(3)4;1-15(2)32(29,30)21-8-7-17(13-16(21)3)23(28)26-11-9-24(10-12-26)14-20(27)18-5-4-6-19(25)22(18)31-24;1-3(2)4;3-1(4,5)14(9,10)13-15(11,12)2(6,7)8/h6-10,15,17-18,23H,11-14,16H2,1-5H3;4-8,13,15,20,27H,9-12,14H2,1-3H3;3-4H,1-2H3;. The number of sulfone groups is 2. The lowest BCUT2D eigenvalue weighted by Gasteiger charge is -2.47. The second kappa shape index (κ2) is 27.1. The fraction of sp³-hybridized carbons (Fsp3) is 0.536. The van der Waals surface area contributed by atoms with Crippen LogP contribution in [0.5, 0.6) is 11.5 Å². The van der Waals surface area contributed by atoms with E-state index in [0.717, 1.165) is 5.56 Å². The van der Waals surface area contributed by atoms with Crippen molar-refractivity contribution in [3.8, 4) is 11.5 Å². The van der Waals surface area contributed by atoms with Crippen LogP contribution in [0.25, 0.3) is 0 Å². The monoisotopic (exact) mass is 1310 g/mol. The number of carbonyl (C=O) groups excluding carboxylic acids is 2. The Bertz CT molecular complexity index is 3520. The van der Waals surface area contributed by atoms with Crippen LogP contribution >= 0.6 is 0 Å². The average Bonchev–Trinajstić information content (AvgIpc) is 0.835. The number of likely N-dealkylation sites (tertiary alicyclic amines) is 2. The van der Waals surface area contributed by atoms with Crippen LogP contribution in [0.2, 0.25) is 0 Å². The van der Waals surface area contributed by atoms with Crippen LogP contribution in [0, 0.1) is 25.5 Å². The molecule has 4 aliphatic rings. The van der Waals surface area contributed by atoms with E-state index in [1.807, 2.05) is 23.5 Å². The Kier molecular flexibility index (Phi) is 22.4. The zero-order chi connectivity index (χ0) is 65.1. The van der Waals surface area contributed by atoms with Gasteiger partial charge in [-0.15, -0.1) is 3.63 Å². The van der Waals surface area contributed by atoms with Crippen molar-refractivity contribution in [1.29, 1.82) is 0 Å². The maximum Gasteiger partial charge on any atom is 0.524 e. The summed E-state index contributed by atoms with van der Waals surface area (Å²) in [6.45, 7) is 19.1. The molecule has 2 fully saturated rings. The molecule has 4 aliphatic heterocycles. The van der Waals surface area contributed by atoms with Gasteiger partial charge in [-0.05, 0) is 129 Å². The van der Waals surface area contributed by atoms with Crippen molar-refractivity contribution in [3.05, 3.63) is 118 Å². The molecule has 0 saturated carbocycles. The van der Waals surface area contributed by atoms with Crippen molar-refractivity contribution < 1.29 is 106 Å². The number of rotatable bonds is 10. The van der Waals surface area contributed by atoms with Gasteiger partial charge in [-0.3, -0.25) is 9.59 Å². The summed E-state index contributed by atoms with van der Waals surface area (Å²) in [6, 6.07) is 18.9. The molecule has 0 radical (unpaired) electrons. The van der Waals surface area contributed by atoms with E-state index < -0.39 is 90.4 Å². The summed E-state index contributed by atoms with van der Waals surface area (Å²) in [5, 5.41) is 17.5. The number of piperidine rings is 2. The Morgan fingerprint density at radius 2 is 0.930 bits per heavy atom. The molecule has 86 heavy (non-hydrogen) atoms. The first kappa shape index (κ1) is 71.3. The highest BCUT2D eigenvalue weighted by Crippen LogP contribution is 2.48. The van der Waals surface area contributed by atoms with Crippen molar-refractivity contribution in [2.24, 2.45) is 0 Å². The minimum absolute atomic E-state index is 0.0151. The SMILES string of the molecule is CC(C)O.Cc1cc(C(=O)N2CCC3(CC2)CC(O)c2cccc(F)c2O3)ccc1S(=O)(=O)C(C)C.Cc1cc(C(=O)N2CCC3(CC2)CC(OC(C)C)c2cccc(F)c2O3)ccc1S(=O)(=O)C(C)C.O=S(=O)(OS(=O)(=O)C(F)(F)F)C(F)(F)F. The second-order valence-corrected chi connectivity index (χ2v) is 30.4. The first-order valence-corrected chi connectivity index (χ1v) is 32.9. The second-order valence-electron chi connectivity index (χ2n) is 22.2. The quantitative estimate of drug-likeness (QED) is 0.111. The highest BCUT2D eigenvalue weighted by Gasteiger charge is 2.57. The van der Waals surface area contributed by atoms with Gasteiger partial charge in [-0.25, -0.2) is 25.6 Å². The van der Waals surface area contributed by atoms with Gasteiger partial charge < -0.3 is 34.2 Å². The van der Waals surface area contributed by atoms with Gasteiger partial charge in [0.05, 0.1) is 38.6 Å². The minimum Gasteiger partial charge on any atom is -0.484 e. The Balaban J connectivity index is 0.000000244. The summed E-state index contributed by atoms with van der Waals surface area (Å²) in [5.74, 6) is -0.867. The van der Waals surface area contributed by atoms with E-state index in [-0.39, 0.29) is 51.4 Å². The molecule has 30 heteroatoms. The van der Waals surface area contributed by atoms with Crippen molar-refractivity contribution >= 4 is 51.7 Å². The molecule has 2 unspecified atom stereocenters. The number of hydrogen-bond donors (Lipinski definition) is 2. The number of benzene rings is 4. The van der Waals surface area contributed by atoms with E-state index in [1.165, 1.54) is 24.3 Å². The van der Waals surface area contributed by atoms with Gasteiger partial charge in [0.1, 0.15) is 11.2 Å². The molecular weight excluding hydrogens is 1240 g/mol. The molecule has 0 aliphatic carbocycles. The number of para-hydroxylation sites is 2. The maximum atomic E-state index is 14.7. The third-order valence-electron chi connectivity index (χ3n) is 14.3. The van der Waals surface area contributed by atoms with Crippen molar-refractivity contribution in [3.63, 3.8) is 0 Å². The Labute approximate surface area is 495 Å². The number of aliphatic hydroxyl groups is 2. The lowest BCUT2D eigenvalue weighted by molar-refractivity contribution is -0.0889. The smallest absolute Gasteiger partial charge is 0.484 e. The largest absolute Gasteiger partial charge is 0.524 e. The number of ether oxygens (including phenoxy) is 3. The van der Waals surface area contributed by atoms with Gasteiger partial charge in [0.25, 0.3) is 11.8 Å². The number of aliphatic hydroxyl groups excluding tert-OH is 2. The van der Waals surface area contributed by atoms with Gasteiger partial charge in [-0.1, -0.05) is 24.3 Å². The number of alkyl halides is 6. The Morgan fingerprint density at radius 3 is 1.27 bits per heavy atom. The Morgan fingerprint density at radius 1 is 0.581 bits per heavy atom. The lowest BCUT2D eigenvalue weighted by atomic mass is 9.81. The van der Waals surface area contributed by atoms with Crippen LogP contribution in [0.1, 0.15) is 149 Å². The third-order valence-corrected chi connectivity index (χ3v) is 21.5. The van der Waals surface area contributed by atoms with E-state index in [1.54, 1.807) is 108 Å². The molecule has 2 saturated heterocycles. The van der Waals surface area contributed by atoms with Gasteiger partial charge in [0.15, 0.2) is 42.8 Å². The van der Waals surface area contributed by atoms with Gasteiger partial charge in [0, 0.05) is 93.1 Å². The highest BCUT2D eigenvalue weighted by molar-refractivity contribution is 8.00. The molecule has 2 spiro atoms. The molecule has 4 aromatic rings. The molecule has 4 heterocycles. The molecule has 480 valence electrons. The van der Waals surface area contributed by atoms with Crippen LogP contribution in [-0.4, -0.2) is 137 Å². The fourth-order valence-corrected chi connectivity index (χ4v) is 13.9. The number of amides is 2. The molecule has 2 N–H and O–H groups in total. The van der Waals surface area contributed by atoms with Crippen LogP contribution in [0.3, 0.4) is 0 Å². The topological polar surface area (TPSA) is 255 Å². The number of fused-ring (bicyclic) bond motifs is 2. The number of hydrogen-bond acceptors (Lipinski definition) is 16. The summed E-state index contributed by atoms with van der Waals surface area (Å²) in [7, 11) is -20.5. The number of halogens is 8. The predicted molar refractivity (Wildman–Crippen MR) is 298 cm³/mol. The number of carbonyl (C=O) groups is 2. The van der Waals surface area contributed by atoms with E-state index in [4.69, 9.17) is 19.3 Å². The van der Waals surface area contributed by atoms with Crippen LogP contribution in [0.15, 0.2) is 82.6 Å². The van der Waals surface area contributed by atoms with Gasteiger partial charge in [0.2, 0.25) is 0 Å². The van der Waals surface area contributed by atoms with Crippen LogP contribution < -0.4 is 9.47 Å². The van der Waals surface area contributed by atoms with Crippen molar-refractivity contribution in [1.82, 2.24) is 9.80 Å². The van der Waals surface area contributed by atoms with Gasteiger partial charge >= 0.3 is 31.3 Å². The zero-order valence-corrected chi connectivity index (χ0v) is 51.9. The summed E-state index contributed by atoms with van der Waals surface area (Å²) in [6.07, 6.45) is 1.76. The normalized spacial score (nSPS) is 18.6. The number of aryl methyl sites for hydroxylation is 2. The fourth-order valence-electron chi connectivity index (χ4n) is 9.78. The van der Waals surface area contributed by atoms with E-state index in [9.17, 15) is 83.5 Å². The number of nitrogens with zero attached hydrogens (tertiary/aromatic N) is 2. The van der Waals surface area contributed by atoms with Crippen LogP contribution in [0.4, 0.5) is 35.1 Å². The van der Waals surface area contributed by atoms with E-state index >= 15 is 0 Å². The lowest BCUT2D eigenvalue weighted by Crippen LogP contribution is -2.52. The first-order chi connectivity index (χ1) is 39.4. The summed E-state index contributed by atoms with van der Waals surface area (Å²) >= 11 is 0. The van der Waals surface area contributed by atoms with Crippen molar-refractivity contribution in [2.45, 2.75) is 175 Å². The molecule has 2 atom stereocenters. The van der Waals surface area contributed by atoms with Gasteiger partial charge in [-0.2, -0.15) is 43.2 Å². The maximum absolute atomic E-state index is 14.7. The van der Waals surface area contributed by atoms with Crippen LogP contribution in [-0.2, 0) is 48.3 Å². The molecule has 2 amide bonds. The molecular formula is C56H70F8N2O16S4. The minimum atomic E-state index is -6.85. The molecule has 4 aromatic carbocycles. The third kappa shape index (κ3) is 16.6.